The van der Waals surface area contributed by atoms with Gasteiger partial charge in [-0.25, -0.2) is 21.6 Å². The van der Waals surface area contributed by atoms with E-state index in [2.05, 4.69) is 4.72 Å². The van der Waals surface area contributed by atoms with Gasteiger partial charge in [0.2, 0.25) is 20.0 Å². The third-order valence-corrected chi connectivity index (χ3v) is 6.75. The van der Waals surface area contributed by atoms with Crippen LogP contribution >= 0.6 is 11.6 Å². The molecular weight excluding hydrogens is 372 g/mol. The summed E-state index contributed by atoms with van der Waals surface area (Å²) in [7, 11) is -6.03. The zero-order chi connectivity index (χ0) is 17.8. The van der Waals surface area contributed by atoms with Crippen molar-refractivity contribution in [2.45, 2.75) is 4.90 Å². The van der Waals surface area contributed by atoms with E-state index < -0.39 is 20.0 Å². The van der Waals surface area contributed by atoms with E-state index in [1.165, 1.54) is 25.2 Å². The van der Waals surface area contributed by atoms with Crippen molar-refractivity contribution in [2.24, 2.45) is 0 Å². The molecule has 130 valence electrons. The molecule has 0 aromatic heterocycles. The molecule has 2 aromatic rings. The average Bonchev–Trinajstić information content (AvgIpc) is 2.54. The third kappa shape index (κ3) is 4.70. The maximum atomic E-state index is 12.3. The lowest BCUT2D eigenvalue weighted by Crippen LogP contribution is -2.35. The van der Waals surface area contributed by atoms with Crippen LogP contribution in [0.5, 0.6) is 0 Å². The van der Waals surface area contributed by atoms with E-state index in [-0.39, 0.29) is 22.2 Å². The first-order valence-electron chi connectivity index (χ1n) is 6.99. The highest BCUT2D eigenvalue weighted by atomic mass is 35.5. The fourth-order valence-corrected chi connectivity index (χ4v) is 4.50. The molecule has 9 heteroatoms. The summed E-state index contributed by atoms with van der Waals surface area (Å²) in [5.41, 5.74) is 0.509. The Kier molecular flexibility index (Phi) is 5.87. The van der Waals surface area contributed by atoms with Crippen LogP contribution in [-0.4, -0.2) is 36.2 Å². The highest BCUT2D eigenvalue weighted by Gasteiger charge is 2.20. The van der Waals surface area contributed by atoms with Crippen molar-refractivity contribution in [1.29, 1.82) is 0 Å². The van der Waals surface area contributed by atoms with E-state index in [1.54, 1.807) is 36.4 Å². The van der Waals surface area contributed by atoms with Crippen molar-refractivity contribution in [3.8, 4) is 0 Å². The first-order valence-corrected chi connectivity index (χ1v) is 10.5. The van der Waals surface area contributed by atoms with Gasteiger partial charge >= 0.3 is 0 Å². The first kappa shape index (κ1) is 18.7. The van der Waals surface area contributed by atoms with Crippen LogP contribution in [0.1, 0.15) is 0 Å². The Morgan fingerprint density at radius 3 is 2.29 bits per heavy atom. The normalized spacial score (nSPS) is 12.1. The molecule has 0 atom stereocenters. The fraction of sp³-hybridized carbons (Fsp3) is 0.200. The van der Waals surface area contributed by atoms with Crippen LogP contribution in [0.2, 0.25) is 5.02 Å². The summed E-state index contributed by atoms with van der Waals surface area (Å²) in [6, 6.07) is 14.3. The minimum absolute atomic E-state index is 0.0104. The van der Waals surface area contributed by atoms with Gasteiger partial charge in [0, 0.05) is 18.6 Å². The fourth-order valence-electron chi connectivity index (χ4n) is 1.96. The Labute approximate surface area is 147 Å². The van der Waals surface area contributed by atoms with Gasteiger partial charge in [-0.05, 0) is 30.3 Å². The Hall–Kier alpha value is -1.61. The quantitative estimate of drug-likeness (QED) is 0.787. The van der Waals surface area contributed by atoms with E-state index in [0.29, 0.717) is 5.69 Å². The maximum Gasteiger partial charge on any atom is 0.240 e. The van der Waals surface area contributed by atoms with Crippen molar-refractivity contribution < 1.29 is 16.8 Å². The second-order valence-corrected chi connectivity index (χ2v) is 9.30. The molecule has 6 nitrogen and oxygen atoms in total. The number of nitrogens with zero attached hydrogens (tertiary/aromatic N) is 1. The zero-order valence-corrected chi connectivity index (χ0v) is 15.3. The van der Waals surface area contributed by atoms with Gasteiger partial charge in [-0.1, -0.05) is 35.9 Å². The Morgan fingerprint density at radius 2 is 1.67 bits per heavy atom. The number of sulfonamides is 2. The Balaban J connectivity index is 2.03. The zero-order valence-electron chi connectivity index (χ0n) is 12.9. The van der Waals surface area contributed by atoms with E-state index in [1.807, 2.05) is 0 Å². The van der Waals surface area contributed by atoms with Gasteiger partial charge in [0.25, 0.3) is 0 Å². The van der Waals surface area contributed by atoms with Crippen LogP contribution in [0.15, 0.2) is 59.5 Å². The number of hydrogen-bond acceptors (Lipinski definition) is 4. The molecule has 0 heterocycles. The summed E-state index contributed by atoms with van der Waals surface area (Å²) in [6.07, 6.45) is 0. The van der Waals surface area contributed by atoms with Crippen molar-refractivity contribution in [1.82, 2.24) is 4.72 Å². The molecule has 0 unspecified atom stereocenters. The number of anilines is 1. The highest BCUT2D eigenvalue weighted by molar-refractivity contribution is 7.93. The summed E-state index contributed by atoms with van der Waals surface area (Å²) in [5.74, 6) is -0.363. The molecule has 0 aliphatic heterocycles. The third-order valence-electron chi connectivity index (χ3n) is 3.30. The summed E-state index contributed by atoms with van der Waals surface area (Å²) in [4.78, 5) is -0.0104. The summed E-state index contributed by atoms with van der Waals surface area (Å²) < 4.78 is 52.2. The van der Waals surface area contributed by atoms with Crippen molar-refractivity contribution >= 4 is 37.3 Å². The van der Waals surface area contributed by atoms with E-state index >= 15 is 0 Å². The summed E-state index contributed by atoms with van der Waals surface area (Å²) in [6.45, 7) is -0.242. The minimum Gasteiger partial charge on any atom is -0.273 e. The van der Waals surface area contributed by atoms with Crippen LogP contribution in [0, 0.1) is 0 Å². The average molecular weight is 389 g/mol. The molecule has 0 bridgehead atoms. The van der Waals surface area contributed by atoms with Crippen molar-refractivity contribution in [3.05, 3.63) is 59.6 Å². The Bertz CT molecular complexity index is 900. The Morgan fingerprint density at radius 1 is 1.00 bits per heavy atom. The standard InChI is InChI=1S/C15H17ClN2O4S2/c1-18(14-7-3-2-4-8-14)23(19,20)11-10-17-24(21,22)15-9-5-6-13(16)12-15/h2-9,12,17H,10-11H2,1H3. The van der Waals surface area contributed by atoms with Gasteiger partial charge in [0.15, 0.2) is 0 Å². The lowest BCUT2D eigenvalue weighted by atomic mass is 10.3. The lowest BCUT2D eigenvalue weighted by Gasteiger charge is -2.19. The van der Waals surface area contributed by atoms with Crippen LogP contribution in [-0.2, 0) is 20.0 Å². The van der Waals surface area contributed by atoms with Crippen LogP contribution in [0.3, 0.4) is 0 Å². The molecule has 2 aromatic carbocycles. The SMILES string of the molecule is CN(c1ccccc1)S(=O)(=O)CCNS(=O)(=O)c1cccc(Cl)c1. The number of halogens is 1. The van der Waals surface area contributed by atoms with Crippen molar-refractivity contribution in [2.75, 3.05) is 23.7 Å². The smallest absolute Gasteiger partial charge is 0.240 e. The molecule has 0 saturated carbocycles. The summed E-state index contributed by atoms with van der Waals surface area (Å²) in [5, 5.41) is 0.286. The second kappa shape index (κ2) is 7.52. The molecular formula is C15H17ClN2O4S2. The molecule has 0 aliphatic carbocycles. The van der Waals surface area contributed by atoms with Gasteiger partial charge in [0.1, 0.15) is 0 Å². The van der Waals surface area contributed by atoms with Gasteiger partial charge < -0.3 is 0 Å². The maximum absolute atomic E-state index is 12.3. The first-order chi connectivity index (χ1) is 11.2. The van der Waals surface area contributed by atoms with Gasteiger partial charge in [-0.2, -0.15) is 0 Å². The second-order valence-electron chi connectivity index (χ2n) is 4.97. The van der Waals surface area contributed by atoms with Gasteiger partial charge in [-0.15, -0.1) is 0 Å². The van der Waals surface area contributed by atoms with Gasteiger partial charge in [0.05, 0.1) is 16.3 Å². The van der Waals surface area contributed by atoms with Gasteiger partial charge in [-0.3, -0.25) is 4.31 Å². The molecule has 0 spiro atoms. The number of hydrogen-bond donors (Lipinski definition) is 1. The monoisotopic (exact) mass is 388 g/mol. The molecule has 24 heavy (non-hydrogen) atoms. The van der Waals surface area contributed by atoms with Crippen LogP contribution in [0.25, 0.3) is 0 Å². The number of para-hydroxylation sites is 1. The van der Waals surface area contributed by atoms with E-state index in [9.17, 15) is 16.8 Å². The molecule has 0 amide bonds. The molecule has 0 aliphatic rings. The lowest BCUT2D eigenvalue weighted by molar-refractivity contribution is 0.580. The molecule has 0 saturated heterocycles. The highest BCUT2D eigenvalue weighted by Crippen LogP contribution is 2.16. The molecule has 0 radical (unpaired) electrons. The molecule has 1 N–H and O–H groups in total. The van der Waals surface area contributed by atoms with E-state index in [0.717, 1.165) is 4.31 Å². The largest absolute Gasteiger partial charge is 0.273 e. The van der Waals surface area contributed by atoms with Crippen LogP contribution < -0.4 is 9.03 Å². The summed E-state index contributed by atoms with van der Waals surface area (Å²) >= 11 is 5.77. The topological polar surface area (TPSA) is 83.6 Å². The predicted octanol–water partition coefficient (Wildman–Crippen LogP) is 2.08. The number of rotatable bonds is 7. The number of benzene rings is 2. The predicted molar refractivity (Wildman–Crippen MR) is 95.3 cm³/mol. The molecule has 0 fully saturated rings. The van der Waals surface area contributed by atoms with Crippen LogP contribution in [0.4, 0.5) is 5.69 Å². The molecule has 2 rings (SSSR count). The minimum atomic E-state index is -3.81. The van der Waals surface area contributed by atoms with E-state index in [4.69, 9.17) is 11.6 Å². The van der Waals surface area contributed by atoms with Crippen molar-refractivity contribution in [3.63, 3.8) is 0 Å². The number of nitrogens with one attached hydrogen (secondary N) is 1.